The molecule has 0 spiro atoms. The predicted octanol–water partition coefficient (Wildman–Crippen LogP) is 1.33. The van der Waals surface area contributed by atoms with Crippen LogP contribution in [0.5, 0.6) is 0 Å². The van der Waals surface area contributed by atoms with E-state index >= 15 is 0 Å². The average molecular weight is 253 g/mol. The molecule has 10 heavy (non-hydrogen) atoms. The second-order valence-electron chi connectivity index (χ2n) is 1.88. The third-order valence-electron chi connectivity index (χ3n) is 1.24. The van der Waals surface area contributed by atoms with E-state index in [1.54, 1.807) is 0 Å². The molecule has 0 unspecified atom stereocenters. The first kappa shape index (κ1) is 8.00. The van der Waals surface area contributed by atoms with Crippen molar-refractivity contribution in [2.24, 2.45) is 0 Å². The molecular formula is C6H8INO2. The zero-order valence-corrected chi connectivity index (χ0v) is 7.75. The Hall–Kier alpha value is -0.100. The monoisotopic (exact) mass is 253 g/mol. The quantitative estimate of drug-likeness (QED) is 0.809. The van der Waals surface area contributed by atoms with Crippen LogP contribution < -0.4 is 0 Å². The number of nitrogens with zero attached hydrogens (tertiary/aromatic N) is 1. The van der Waals surface area contributed by atoms with Crippen molar-refractivity contribution in [2.75, 3.05) is 0 Å². The zero-order chi connectivity index (χ0) is 7.56. The fraction of sp³-hybridized carbons (Fsp3) is 0.500. The topological polar surface area (TPSA) is 46.3 Å². The van der Waals surface area contributed by atoms with Crippen LogP contribution in [0, 0.1) is 3.57 Å². The van der Waals surface area contributed by atoms with Crippen LogP contribution in [0.25, 0.3) is 0 Å². The van der Waals surface area contributed by atoms with E-state index in [9.17, 15) is 0 Å². The zero-order valence-electron chi connectivity index (χ0n) is 5.59. The first-order valence-corrected chi connectivity index (χ1v) is 4.11. The van der Waals surface area contributed by atoms with Gasteiger partial charge < -0.3 is 9.63 Å². The van der Waals surface area contributed by atoms with Crippen LogP contribution >= 0.6 is 22.6 Å². The fourth-order valence-electron chi connectivity index (χ4n) is 0.669. The highest BCUT2D eigenvalue weighted by atomic mass is 127. The highest BCUT2D eigenvalue weighted by Gasteiger charge is 2.09. The normalized spacial score (nSPS) is 10.3. The second-order valence-corrected chi connectivity index (χ2v) is 2.96. The molecule has 3 nitrogen and oxygen atoms in total. The lowest BCUT2D eigenvalue weighted by atomic mass is 10.3. The summed E-state index contributed by atoms with van der Waals surface area (Å²) in [6.07, 6.45) is 0.825. The summed E-state index contributed by atoms with van der Waals surface area (Å²) in [6, 6.07) is 0. The van der Waals surface area contributed by atoms with Gasteiger partial charge in [0.1, 0.15) is 11.5 Å². The molecule has 0 saturated heterocycles. The molecule has 1 N–H and O–H groups in total. The minimum atomic E-state index is -0.0399. The minimum absolute atomic E-state index is 0.0399. The molecule has 1 aromatic heterocycles. The molecule has 0 aliphatic rings. The first-order chi connectivity index (χ1) is 4.79. The summed E-state index contributed by atoms with van der Waals surface area (Å²) >= 11 is 2.12. The van der Waals surface area contributed by atoms with Crippen LogP contribution in [0.2, 0.25) is 0 Å². The molecule has 0 atom stereocenters. The molecule has 0 radical (unpaired) electrons. The molecule has 56 valence electrons. The summed E-state index contributed by atoms with van der Waals surface area (Å²) < 4.78 is 5.86. The van der Waals surface area contributed by atoms with E-state index in [2.05, 4.69) is 27.7 Å². The van der Waals surface area contributed by atoms with Crippen molar-refractivity contribution < 1.29 is 9.63 Å². The Morgan fingerprint density at radius 1 is 1.70 bits per heavy atom. The van der Waals surface area contributed by atoms with Gasteiger partial charge in [0.2, 0.25) is 0 Å². The Kier molecular flexibility index (Phi) is 2.67. The van der Waals surface area contributed by atoms with E-state index in [1.165, 1.54) is 0 Å². The molecular weight excluding hydrogens is 245 g/mol. The summed E-state index contributed by atoms with van der Waals surface area (Å²) in [4.78, 5) is 0. The number of hydrogen-bond donors (Lipinski definition) is 1. The van der Waals surface area contributed by atoms with Crippen molar-refractivity contribution in [1.29, 1.82) is 0 Å². The molecule has 1 heterocycles. The van der Waals surface area contributed by atoms with Crippen molar-refractivity contribution in [3.8, 4) is 0 Å². The molecule has 0 aromatic carbocycles. The molecule has 4 heteroatoms. The summed E-state index contributed by atoms with van der Waals surface area (Å²) in [5.74, 6) is 0.852. The van der Waals surface area contributed by atoms with Crippen molar-refractivity contribution in [2.45, 2.75) is 20.0 Å². The van der Waals surface area contributed by atoms with E-state index in [0.717, 1.165) is 15.8 Å². The van der Waals surface area contributed by atoms with Crippen LogP contribution in [0.4, 0.5) is 0 Å². The average Bonchev–Trinajstić information content (AvgIpc) is 2.30. The number of halogens is 1. The summed E-state index contributed by atoms with van der Waals surface area (Å²) in [5.41, 5.74) is 0.637. The standard InChI is InChI=1S/C6H8INO2/c1-2-5-6(7)4(3-9)8-10-5/h9H,2-3H2,1H3. The summed E-state index contributed by atoms with van der Waals surface area (Å²) in [5, 5.41) is 12.4. The second kappa shape index (κ2) is 3.34. The van der Waals surface area contributed by atoms with Gasteiger partial charge in [0.25, 0.3) is 0 Å². The number of aromatic nitrogens is 1. The van der Waals surface area contributed by atoms with Gasteiger partial charge in [-0.3, -0.25) is 0 Å². The lowest BCUT2D eigenvalue weighted by Crippen LogP contribution is -1.86. The molecule has 1 aromatic rings. The van der Waals surface area contributed by atoms with Crippen LogP contribution in [0.1, 0.15) is 18.4 Å². The van der Waals surface area contributed by atoms with E-state index in [1.807, 2.05) is 6.92 Å². The predicted molar refractivity (Wildman–Crippen MR) is 44.5 cm³/mol. The van der Waals surface area contributed by atoms with Crippen molar-refractivity contribution in [3.63, 3.8) is 0 Å². The Balaban J connectivity index is 2.97. The van der Waals surface area contributed by atoms with Gasteiger partial charge in [0, 0.05) is 6.42 Å². The molecule has 0 saturated carbocycles. The van der Waals surface area contributed by atoms with Crippen molar-refractivity contribution in [3.05, 3.63) is 15.0 Å². The summed E-state index contributed by atoms with van der Waals surface area (Å²) in [6.45, 7) is 1.95. The van der Waals surface area contributed by atoms with Gasteiger partial charge in [-0.15, -0.1) is 0 Å². The lowest BCUT2D eigenvalue weighted by molar-refractivity contribution is 0.265. The largest absolute Gasteiger partial charge is 0.390 e. The Bertz CT molecular complexity index is 200. The molecule has 1 rings (SSSR count). The molecule has 0 aliphatic heterocycles. The SMILES string of the molecule is CCc1onc(CO)c1I. The maximum atomic E-state index is 8.70. The van der Waals surface area contributed by atoms with Gasteiger partial charge in [-0.1, -0.05) is 12.1 Å². The Morgan fingerprint density at radius 2 is 2.40 bits per heavy atom. The fourth-order valence-corrected chi connectivity index (χ4v) is 1.42. The number of hydrogen-bond acceptors (Lipinski definition) is 3. The third kappa shape index (κ3) is 1.32. The smallest absolute Gasteiger partial charge is 0.150 e. The highest BCUT2D eigenvalue weighted by Crippen LogP contribution is 2.16. The van der Waals surface area contributed by atoms with Crippen LogP contribution in [-0.2, 0) is 13.0 Å². The number of aliphatic hydroxyl groups excluding tert-OH is 1. The van der Waals surface area contributed by atoms with Gasteiger partial charge in [0.05, 0.1) is 10.2 Å². The maximum Gasteiger partial charge on any atom is 0.150 e. The number of rotatable bonds is 2. The van der Waals surface area contributed by atoms with Crippen molar-refractivity contribution in [1.82, 2.24) is 5.16 Å². The highest BCUT2D eigenvalue weighted by molar-refractivity contribution is 14.1. The lowest BCUT2D eigenvalue weighted by Gasteiger charge is -1.86. The third-order valence-corrected chi connectivity index (χ3v) is 2.46. The van der Waals surface area contributed by atoms with E-state index in [-0.39, 0.29) is 6.61 Å². The molecule has 0 fully saturated rings. The number of aryl methyl sites for hydroxylation is 1. The Morgan fingerprint density at radius 3 is 2.70 bits per heavy atom. The van der Waals surface area contributed by atoms with Crippen molar-refractivity contribution >= 4 is 22.6 Å². The van der Waals surface area contributed by atoms with Gasteiger partial charge in [-0.2, -0.15) is 0 Å². The first-order valence-electron chi connectivity index (χ1n) is 3.03. The van der Waals surface area contributed by atoms with E-state index in [4.69, 9.17) is 9.63 Å². The van der Waals surface area contributed by atoms with Gasteiger partial charge in [0.15, 0.2) is 0 Å². The summed E-state index contributed by atoms with van der Waals surface area (Å²) in [7, 11) is 0. The molecule has 0 amide bonds. The van der Waals surface area contributed by atoms with Gasteiger partial charge in [-0.25, -0.2) is 0 Å². The van der Waals surface area contributed by atoms with Crippen LogP contribution in [0.3, 0.4) is 0 Å². The Labute approximate surface area is 72.5 Å². The van der Waals surface area contributed by atoms with E-state index in [0.29, 0.717) is 5.69 Å². The van der Waals surface area contributed by atoms with Gasteiger partial charge >= 0.3 is 0 Å². The van der Waals surface area contributed by atoms with E-state index < -0.39 is 0 Å². The molecule has 0 bridgehead atoms. The van der Waals surface area contributed by atoms with Crippen LogP contribution in [0.15, 0.2) is 4.52 Å². The number of aliphatic hydroxyl groups is 1. The van der Waals surface area contributed by atoms with Gasteiger partial charge in [-0.05, 0) is 22.6 Å². The molecule has 0 aliphatic carbocycles. The minimum Gasteiger partial charge on any atom is -0.390 e. The maximum absolute atomic E-state index is 8.70. The van der Waals surface area contributed by atoms with Crippen LogP contribution in [-0.4, -0.2) is 10.3 Å².